The monoisotopic (exact) mass is 314 g/mol. The molecule has 2 aliphatic heterocycles. The van der Waals surface area contributed by atoms with Gasteiger partial charge in [0.2, 0.25) is 5.91 Å². The fourth-order valence-electron chi connectivity index (χ4n) is 3.26. The highest BCUT2D eigenvalue weighted by Gasteiger charge is 2.23. The molecule has 1 unspecified atom stereocenters. The van der Waals surface area contributed by atoms with E-state index in [-0.39, 0.29) is 5.91 Å². The van der Waals surface area contributed by atoms with Crippen molar-refractivity contribution in [2.75, 3.05) is 26.2 Å². The molecule has 0 bridgehead atoms. The Hall–Kier alpha value is -2.04. The van der Waals surface area contributed by atoms with Crippen molar-refractivity contribution in [1.82, 2.24) is 15.5 Å². The first-order chi connectivity index (χ1) is 11.2. The largest absolute Gasteiger partial charge is 0.352 e. The van der Waals surface area contributed by atoms with Crippen LogP contribution in [0.3, 0.4) is 0 Å². The van der Waals surface area contributed by atoms with Gasteiger partial charge in [0, 0.05) is 19.1 Å². The average Bonchev–Trinajstić information content (AvgIpc) is 3.00. The lowest BCUT2D eigenvalue weighted by Crippen LogP contribution is -2.46. The van der Waals surface area contributed by atoms with E-state index in [1.807, 2.05) is 4.90 Å². The molecule has 0 spiro atoms. The minimum atomic E-state index is 0.173. The molecule has 1 atom stereocenters. The van der Waals surface area contributed by atoms with Gasteiger partial charge in [0.1, 0.15) is 0 Å². The van der Waals surface area contributed by atoms with Crippen molar-refractivity contribution in [2.45, 2.75) is 32.2 Å². The van der Waals surface area contributed by atoms with Crippen molar-refractivity contribution in [3.05, 3.63) is 35.9 Å². The van der Waals surface area contributed by atoms with Crippen molar-refractivity contribution in [3.63, 3.8) is 0 Å². The third-order valence-corrected chi connectivity index (χ3v) is 4.65. The van der Waals surface area contributed by atoms with E-state index in [1.54, 1.807) is 0 Å². The number of piperidine rings is 1. The van der Waals surface area contributed by atoms with Gasteiger partial charge in [0.15, 0.2) is 5.96 Å². The maximum absolute atomic E-state index is 12.3. The minimum absolute atomic E-state index is 0.173. The van der Waals surface area contributed by atoms with Gasteiger partial charge in [-0.25, -0.2) is 0 Å². The number of likely N-dealkylation sites (tertiary alicyclic amines) is 1. The number of amides is 1. The first-order valence-corrected chi connectivity index (χ1v) is 8.57. The Morgan fingerprint density at radius 2 is 2.04 bits per heavy atom. The molecule has 1 aromatic carbocycles. The second-order valence-electron chi connectivity index (χ2n) is 6.60. The van der Waals surface area contributed by atoms with Gasteiger partial charge in [0.25, 0.3) is 0 Å². The number of carbonyl (C=O) groups excluding carboxylic acids is 1. The normalized spacial score (nSPS) is 21.7. The Morgan fingerprint density at radius 3 is 2.70 bits per heavy atom. The van der Waals surface area contributed by atoms with E-state index in [0.717, 1.165) is 44.9 Å². The average molecular weight is 314 g/mol. The van der Waals surface area contributed by atoms with Gasteiger partial charge in [-0.2, -0.15) is 0 Å². The lowest BCUT2D eigenvalue weighted by molar-refractivity contribution is -0.131. The third-order valence-electron chi connectivity index (χ3n) is 4.65. The Kier molecular flexibility index (Phi) is 5.16. The van der Waals surface area contributed by atoms with Crippen LogP contribution in [0.4, 0.5) is 0 Å². The fraction of sp³-hybridized carbons (Fsp3) is 0.556. The van der Waals surface area contributed by atoms with E-state index in [9.17, 15) is 4.79 Å². The Labute approximate surface area is 138 Å². The predicted molar refractivity (Wildman–Crippen MR) is 92.4 cm³/mol. The maximum Gasteiger partial charge on any atom is 0.241 e. The molecule has 0 aliphatic carbocycles. The Bertz CT molecular complexity index is 549. The molecule has 5 nitrogen and oxygen atoms in total. The van der Waals surface area contributed by atoms with E-state index in [0.29, 0.717) is 18.5 Å². The van der Waals surface area contributed by atoms with Gasteiger partial charge in [-0.3, -0.25) is 9.79 Å². The summed E-state index contributed by atoms with van der Waals surface area (Å²) in [6.45, 7) is 4.93. The number of benzene rings is 1. The van der Waals surface area contributed by atoms with Crippen molar-refractivity contribution >= 4 is 11.9 Å². The highest BCUT2D eigenvalue weighted by atomic mass is 16.2. The summed E-state index contributed by atoms with van der Waals surface area (Å²) >= 11 is 0. The zero-order valence-electron chi connectivity index (χ0n) is 13.8. The summed E-state index contributed by atoms with van der Waals surface area (Å²) < 4.78 is 0. The number of carbonyl (C=O) groups is 1. The molecular formula is C18H26N4O. The van der Waals surface area contributed by atoms with E-state index >= 15 is 0 Å². The van der Waals surface area contributed by atoms with Crippen molar-refractivity contribution in [3.8, 4) is 0 Å². The number of hydrogen-bond acceptors (Lipinski definition) is 4. The number of rotatable bonds is 4. The molecule has 1 amide bonds. The van der Waals surface area contributed by atoms with E-state index in [1.165, 1.54) is 5.56 Å². The van der Waals surface area contributed by atoms with Crippen LogP contribution in [0.25, 0.3) is 0 Å². The molecular weight excluding hydrogens is 288 g/mol. The molecule has 1 saturated heterocycles. The SMILES string of the molecule is CC1CN=C(NCC(=O)N2CCC(Cc3ccccc3)CC2)N1. The molecule has 1 aromatic rings. The number of aliphatic imine (C=N–C) groups is 1. The van der Waals surface area contributed by atoms with Crippen LogP contribution in [0.15, 0.2) is 35.3 Å². The Balaban J connectivity index is 1.39. The van der Waals surface area contributed by atoms with Gasteiger partial charge in [-0.05, 0) is 37.7 Å². The van der Waals surface area contributed by atoms with Crippen LogP contribution < -0.4 is 10.6 Å². The first-order valence-electron chi connectivity index (χ1n) is 8.57. The lowest BCUT2D eigenvalue weighted by Gasteiger charge is -2.32. The van der Waals surface area contributed by atoms with Crippen LogP contribution in [0.5, 0.6) is 0 Å². The van der Waals surface area contributed by atoms with Crippen LogP contribution in [-0.2, 0) is 11.2 Å². The minimum Gasteiger partial charge on any atom is -0.352 e. The summed E-state index contributed by atoms with van der Waals surface area (Å²) in [4.78, 5) is 18.6. The van der Waals surface area contributed by atoms with Gasteiger partial charge >= 0.3 is 0 Å². The van der Waals surface area contributed by atoms with Gasteiger partial charge in [0.05, 0.1) is 13.1 Å². The standard InChI is InChI=1S/C18H26N4O/c1-14-12-19-18(21-14)20-13-17(23)22-9-7-16(8-10-22)11-15-5-3-2-4-6-15/h2-6,14,16H,7-13H2,1H3,(H2,19,20,21). The second kappa shape index (κ2) is 7.49. The molecule has 2 N–H and O–H groups in total. The van der Waals surface area contributed by atoms with Crippen molar-refractivity contribution in [1.29, 1.82) is 0 Å². The molecule has 2 aliphatic rings. The van der Waals surface area contributed by atoms with E-state index in [2.05, 4.69) is 52.9 Å². The molecule has 3 rings (SSSR count). The summed E-state index contributed by atoms with van der Waals surface area (Å²) in [5.41, 5.74) is 1.40. The van der Waals surface area contributed by atoms with Crippen molar-refractivity contribution < 1.29 is 4.79 Å². The van der Waals surface area contributed by atoms with Crippen LogP contribution in [0.2, 0.25) is 0 Å². The number of nitrogens with zero attached hydrogens (tertiary/aromatic N) is 2. The van der Waals surface area contributed by atoms with E-state index < -0.39 is 0 Å². The van der Waals surface area contributed by atoms with Crippen molar-refractivity contribution in [2.24, 2.45) is 10.9 Å². The summed E-state index contributed by atoms with van der Waals surface area (Å²) in [5, 5.41) is 6.32. The zero-order valence-corrected chi connectivity index (χ0v) is 13.8. The molecule has 23 heavy (non-hydrogen) atoms. The van der Waals surface area contributed by atoms with Crippen LogP contribution >= 0.6 is 0 Å². The third kappa shape index (κ3) is 4.47. The topological polar surface area (TPSA) is 56.7 Å². The van der Waals surface area contributed by atoms with Gasteiger partial charge in [-0.1, -0.05) is 30.3 Å². The summed E-state index contributed by atoms with van der Waals surface area (Å²) in [6.07, 6.45) is 3.31. The smallest absolute Gasteiger partial charge is 0.241 e. The Morgan fingerprint density at radius 1 is 1.30 bits per heavy atom. The quantitative estimate of drug-likeness (QED) is 0.883. The highest BCUT2D eigenvalue weighted by molar-refractivity contribution is 5.87. The van der Waals surface area contributed by atoms with Gasteiger partial charge < -0.3 is 15.5 Å². The summed E-state index contributed by atoms with van der Waals surface area (Å²) in [7, 11) is 0. The second-order valence-corrected chi connectivity index (χ2v) is 6.60. The lowest BCUT2D eigenvalue weighted by atomic mass is 9.90. The van der Waals surface area contributed by atoms with Crippen LogP contribution in [0, 0.1) is 5.92 Å². The molecule has 2 heterocycles. The molecule has 0 saturated carbocycles. The molecule has 0 aromatic heterocycles. The zero-order chi connectivity index (χ0) is 16.1. The highest BCUT2D eigenvalue weighted by Crippen LogP contribution is 2.21. The number of hydrogen-bond donors (Lipinski definition) is 2. The molecule has 0 radical (unpaired) electrons. The summed E-state index contributed by atoms with van der Waals surface area (Å²) in [6, 6.07) is 11.0. The van der Waals surface area contributed by atoms with E-state index in [4.69, 9.17) is 0 Å². The predicted octanol–water partition coefficient (Wildman–Crippen LogP) is 1.40. The van der Waals surface area contributed by atoms with Gasteiger partial charge in [-0.15, -0.1) is 0 Å². The molecule has 5 heteroatoms. The number of guanidine groups is 1. The molecule has 124 valence electrons. The maximum atomic E-state index is 12.3. The fourth-order valence-corrected chi connectivity index (χ4v) is 3.26. The number of nitrogens with one attached hydrogen (secondary N) is 2. The first kappa shape index (κ1) is 15.8. The van der Waals surface area contributed by atoms with Crippen LogP contribution in [0.1, 0.15) is 25.3 Å². The molecule has 1 fully saturated rings. The summed E-state index contributed by atoms with van der Waals surface area (Å²) in [5.74, 6) is 1.62. The van der Waals surface area contributed by atoms with Crippen LogP contribution in [-0.4, -0.2) is 49.0 Å².